The first-order chi connectivity index (χ1) is 10.2. The molecule has 0 amide bonds. The van der Waals surface area contributed by atoms with Crippen molar-refractivity contribution in [3.8, 4) is 11.4 Å². The van der Waals surface area contributed by atoms with Gasteiger partial charge in [-0.15, -0.1) is 0 Å². The first kappa shape index (κ1) is 13.0. The SMILES string of the molecule is O=C(O)/C=C/c1cnc(-c2cccc3ccccc23)nc1. The van der Waals surface area contributed by atoms with Crippen molar-refractivity contribution in [1.29, 1.82) is 0 Å². The van der Waals surface area contributed by atoms with E-state index >= 15 is 0 Å². The van der Waals surface area contributed by atoms with Crippen molar-refractivity contribution < 1.29 is 9.90 Å². The maximum Gasteiger partial charge on any atom is 0.328 e. The van der Waals surface area contributed by atoms with Crippen LogP contribution in [0.25, 0.3) is 28.2 Å². The summed E-state index contributed by atoms with van der Waals surface area (Å²) in [5, 5.41) is 10.8. The summed E-state index contributed by atoms with van der Waals surface area (Å²) in [7, 11) is 0. The van der Waals surface area contributed by atoms with Gasteiger partial charge >= 0.3 is 5.97 Å². The molecule has 102 valence electrons. The Morgan fingerprint density at radius 3 is 2.48 bits per heavy atom. The molecule has 4 heteroatoms. The van der Waals surface area contributed by atoms with Gasteiger partial charge in [0.15, 0.2) is 5.82 Å². The van der Waals surface area contributed by atoms with Crippen LogP contribution >= 0.6 is 0 Å². The fourth-order valence-electron chi connectivity index (χ4n) is 2.15. The van der Waals surface area contributed by atoms with Crippen LogP contribution in [0.4, 0.5) is 0 Å². The quantitative estimate of drug-likeness (QED) is 0.745. The summed E-state index contributed by atoms with van der Waals surface area (Å²) >= 11 is 0. The van der Waals surface area contributed by atoms with E-state index in [9.17, 15) is 4.79 Å². The Kier molecular flexibility index (Phi) is 3.43. The van der Waals surface area contributed by atoms with E-state index in [4.69, 9.17) is 5.11 Å². The molecule has 0 atom stereocenters. The average Bonchev–Trinajstić information content (AvgIpc) is 2.53. The van der Waals surface area contributed by atoms with Gasteiger partial charge in [0.1, 0.15) is 0 Å². The van der Waals surface area contributed by atoms with Crippen molar-refractivity contribution >= 4 is 22.8 Å². The van der Waals surface area contributed by atoms with Crippen molar-refractivity contribution in [2.45, 2.75) is 0 Å². The van der Waals surface area contributed by atoms with Gasteiger partial charge in [-0.3, -0.25) is 0 Å². The second-order valence-corrected chi connectivity index (χ2v) is 4.54. The van der Waals surface area contributed by atoms with Crippen LogP contribution < -0.4 is 0 Å². The molecule has 0 aliphatic rings. The summed E-state index contributed by atoms with van der Waals surface area (Å²) in [6, 6.07) is 14.0. The maximum absolute atomic E-state index is 10.5. The van der Waals surface area contributed by atoms with Crippen LogP contribution in [0.3, 0.4) is 0 Å². The Labute approximate surface area is 121 Å². The molecule has 1 heterocycles. The summed E-state index contributed by atoms with van der Waals surface area (Å²) in [5.41, 5.74) is 1.61. The van der Waals surface area contributed by atoms with E-state index in [0.717, 1.165) is 22.4 Å². The van der Waals surface area contributed by atoms with Crippen LogP contribution in [0.5, 0.6) is 0 Å². The second kappa shape index (κ2) is 5.54. The van der Waals surface area contributed by atoms with E-state index in [-0.39, 0.29) is 0 Å². The van der Waals surface area contributed by atoms with Gasteiger partial charge < -0.3 is 5.11 Å². The smallest absolute Gasteiger partial charge is 0.328 e. The van der Waals surface area contributed by atoms with E-state index in [0.29, 0.717) is 11.4 Å². The van der Waals surface area contributed by atoms with Crippen molar-refractivity contribution in [2.24, 2.45) is 0 Å². The van der Waals surface area contributed by atoms with Gasteiger partial charge in [-0.2, -0.15) is 0 Å². The summed E-state index contributed by atoms with van der Waals surface area (Å²) in [4.78, 5) is 19.1. The minimum atomic E-state index is -0.992. The van der Waals surface area contributed by atoms with Gasteiger partial charge in [-0.25, -0.2) is 14.8 Å². The first-order valence-corrected chi connectivity index (χ1v) is 6.45. The van der Waals surface area contributed by atoms with Crippen LogP contribution in [0.2, 0.25) is 0 Å². The third-order valence-electron chi connectivity index (χ3n) is 3.12. The van der Waals surface area contributed by atoms with Gasteiger partial charge in [0, 0.05) is 29.6 Å². The van der Waals surface area contributed by atoms with E-state index in [1.807, 2.05) is 42.5 Å². The zero-order valence-corrected chi connectivity index (χ0v) is 11.1. The molecular weight excluding hydrogens is 264 g/mol. The highest BCUT2D eigenvalue weighted by molar-refractivity contribution is 5.95. The molecule has 2 aromatic carbocycles. The van der Waals surface area contributed by atoms with E-state index < -0.39 is 5.97 Å². The molecule has 0 saturated carbocycles. The molecule has 0 spiro atoms. The van der Waals surface area contributed by atoms with E-state index in [2.05, 4.69) is 9.97 Å². The molecular formula is C17H12N2O2. The zero-order chi connectivity index (χ0) is 14.7. The molecule has 1 aromatic heterocycles. The predicted octanol–water partition coefficient (Wildman–Crippen LogP) is 3.39. The Morgan fingerprint density at radius 2 is 1.71 bits per heavy atom. The Morgan fingerprint density at radius 1 is 1.00 bits per heavy atom. The molecule has 0 saturated heterocycles. The molecule has 1 N–H and O–H groups in total. The molecule has 0 bridgehead atoms. The minimum absolute atomic E-state index is 0.624. The largest absolute Gasteiger partial charge is 0.478 e. The summed E-state index contributed by atoms with van der Waals surface area (Å²) in [5.74, 6) is -0.368. The third-order valence-corrected chi connectivity index (χ3v) is 3.12. The fourth-order valence-corrected chi connectivity index (χ4v) is 2.15. The number of carbonyl (C=O) groups is 1. The molecule has 21 heavy (non-hydrogen) atoms. The predicted molar refractivity (Wildman–Crippen MR) is 81.6 cm³/mol. The number of benzene rings is 2. The minimum Gasteiger partial charge on any atom is -0.478 e. The third kappa shape index (κ3) is 2.79. The molecule has 0 aliphatic heterocycles. The Bertz CT molecular complexity index is 818. The monoisotopic (exact) mass is 276 g/mol. The number of hydrogen-bond acceptors (Lipinski definition) is 3. The van der Waals surface area contributed by atoms with Gasteiger partial charge in [0.2, 0.25) is 0 Å². The average molecular weight is 276 g/mol. The number of rotatable bonds is 3. The molecule has 4 nitrogen and oxygen atoms in total. The van der Waals surface area contributed by atoms with Crippen LogP contribution in [0.15, 0.2) is 60.9 Å². The van der Waals surface area contributed by atoms with E-state index in [1.54, 1.807) is 12.4 Å². The first-order valence-electron chi connectivity index (χ1n) is 6.45. The highest BCUT2D eigenvalue weighted by Gasteiger charge is 2.05. The zero-order valence-electron chi connectivity index (χ0n) is 11.1. The lowest BCUT2D eigenvalue weighted by Crippen LogP contribution is -1.91. The number of fused-ring (bicyclic) bond motifs is 1. The highest BCUT2D eigenvalue weighted by Crippen LogP contribution is 2.25. The van der Waals surface area contributed by atoms with Gasteiger partial charge in [-0.1, -0.05) is 42.5 Å². The van der Waals surface area contributed by atoms with E-state index in [1.165, 1.54) is 6.08 Å². The Hall–Kier alpha value is -3.01. The lowest BCUT2D eigenvalue weighted by atomic mass is 10.0. The summed E-state index contributed by atoms with van der Waals surface area (Å²) in [6.07, 6.45) is 5.76. The summed E-state index contributed by atoms with van der Waals surface area (Å²) < 4.78 is 0. The number of carboxylic acid groups (broad SMARTS) is 1. The lowest BCUT2D eigenvalue weighted by molar-refractivity contribution is -0.131. The lowest BCUT2D eigenvalue weighted by Gasteiger charge is -2.05. The van der Waals surface area contributed by atoms with Gasteiger partial charge in [0.05, 0.1) is 0 Å². The standard InChI is InChI=1S/C17H12N2O2/c20-16(21)9-8-12-10-18-17(19-11-12)15-7-3-5-13-4-1-2-6-14(13)15/h1-11H,(H,20,21)/b9-8+. The fraction of sp³-hybridized carbons (Fsp3) is 0. The molecule has 3 rings (SSSR count). The van der Waals surface area contributed by atoms with Crippen LogP contribution in [-0.4, -0.2) is 21.0 Å². The van der Waals surface area contributed by atoms with Crippen LogP contribution in [0.1, 0.15) is 5.56 Å². The van der Waals surface area contributed by atoms with Crippen molar-refractivity contribution in [3.05, 3.63) is 66.5 Å². The van der Waals surface area contributed by atoms with Crippen LogP contribution in [-0.2, 0) is 4.79 Å². The molecule has 3 aromatic rings. The topological polar surface area (TPSA) is 63.1 Å². The van der Waals surface area contributed by atoms with Gasteiger partial charge in [0.25, 0.3) is 0 Å². The number of nitrogens with zero attached hydrogens (tertiary/aromatic N) is 2. The molecule has 0 radical (unpaired) electrons. The van der Waals surface area contributed by atoms with Gasteiger partial charge in [-0.05, 0) is 16.8 Å². The molecule has 0 unspecified atom stereocenters. The number of aromatic nitrogens is 2. The Balaban J connectivity index is 2.01. The molecule has 0 fully saturated rings. The number of carboxylic acids is 1. The van der Waals surface area contributed by atoms with Crippen molar-refractivity contribution in [2.75, 3.05) is 0 Å². The second-order valence-electron chi connectivity index (χ2n) is 4.54. The van der Waals surface area contributed by atoms with Crippen LogP contribution in [0, 0.1) is 0 Å². The molecule has 0 aliphatic carbocycles. The normalized spacial score (nSPS) is 11.0. The summed E-state index contributed by atoms with van der Waals surface area (Å²) in [6.45, 7) is 0. The van der Waals surface area contributed by atoms with Crippen molar-refractivity contribution in [3.63, 3.8) is 0 Å². The number of aliphatic carboxylic acids is 1. The highest BCUT2D eigenvalue weighted by atomic mass is 16.4. The number of hydrogen-bond donors (Lipinski definition) is 1. The maximum atomic E-state index is 10.5. The van der Waals surface area contributed by atoms with Crippen molar-refractivity contribution in [1.82, 2.24) is 9.97 Å².